The number of allylic oxidation sites excluding steroid dienone is 9. The molecule has 0 bridgehead atoms. The average Bonchev–Trinajstić information content (AvgIpc) is 3.06. The number of amides is 1. The van der Waals surface area contributed by atoms with E-state index in [0.717, 1.165) is 57.8 Å². The molecule has 0 aromatic heterocycles. The van der Waals surface area contributed by atoms with Crippen molar-refractivity contribution in [2.75, 3.05) is 6.61 Å². The lowest BCUT2D eigenvalue weighted by Crippen LogP contribution is -2.45. The summed E-state index contributed by atoms with van der Waals surface area (Å²) in [4.78, 5) is 12.3. The zero-order valence-electron chi connectivity index (χ0n) is 30.3. The van der Waals surface area contributed by atoms with Crippen molar-refractivity contribution in [1.82, 2.24) is 5.32 Å². The highest BCUT2D eigenvalue weighted by Crippen LogP contribution is 2.11. The van der Waals surface area contributed by atoms with Gasteiger partial charge in [0.05, 0.1) is 18.8 Å². The van der Waals surface area contributed by atoms with Crippen molar-refractivity contribution in [1.29, 1.82) is 0 Å². The predicted octanol–water partition coefficient (Wildman–Crippen LogP) is 11.8. The summed E-state index contributed by atoms with van der Waals surface area (Å²) in [6.45, 7) is 4.24. The summed E-state index contributed by atoms with van der Waals surface area (Å²) >= 11 is 0. The van der Waals surface area contributed by atoms with Crippen LogP contribution in [-0.4, -0.2) is 34.9 Å². The standard InChI is InChI=1S/C42H75NO3/c1-3-5-7-9-11-13-15-17-19-20-21-22-24-25-27-29-31-33-35-37-41(45)40(39-44)43-42(46)38-36-34-32-30-28-26-23-18-16-14-12-10-8-6-4-2/h12,14,18,21-23,27,29,35,37,40-41,44-45H,3-11,13,15-17,19-20,24-26,28,30-34,36,38-39H2,1-2H3,(H,43,46)/b14-12-,22-21+,23-18-,29-27+,37-35+. The quantitative estimate of drug-likeness (QED) is 0.0483. The summed E-state index contributed by atoms with van der Waals surface area (Å²) in [5.41, 5.74) is 0. The Labute approximate surface area is 286 Å². The van der Waals surface area contributed by atoms with E-state index in [9.17, 15) is 15.0 Å². The maximum Gasteiger partial charge on any atom is 0.220 e. The number of aliphatic hydroxyl groups is 2. The highest BCUT2D eigenvalue weighted by molar-refractivity contribution is 5.76. The highest BCUT2D eigenvalue weighted by Gasteiger charge is 2.17. The van der Waals surface area contributed by atoms with Crippen molar-refractivity contribution in [2.45, 2.75) is 193 Å². The first-order chi connectivity index (χ1) is 22.7. The van der Waals surface area contributed by atoms with Crippen LogP contribution in [-0.2, 0) is 4.79 Å². The van der Waals surface area contributed by atoms with Crippen LogP contribution in [0.4, 0.5) is 0 Å². The van der Waals surface area contributed by atoms with Crippen molar-refractivity contribution in [3.63, 3.8) is 0 Å². The SMILES string of the molecule is CCCCC/C=C\C/C=C\CCCCCCCC(=O)NC(CO)C(O)/C=C/CC/C=C/CC/C=C/CCCCCCCCCCC. The van der Waals surface area contributed by atoms with Crippen LogP contribution in [0.2, 0.25) is 0 Å². The molecule has 3 N–H and O–H groups in total. The highest BCUT2D eigenvalue weighted by atomic mass is 16.3. The lowest BCUT2D eigenvalue weighted by Gasteiger charge is -2.19. The van der Waals surface area contributed by atoms with Crippen LogP contribution < -0.4 is 5.32 Å². The maximum atomic E-state index is 12.3. The lowest BCUT2D eigenvalue weighted by molar-refractivity contribution is -0.123. The summed E-state index contributed by atoms with van der Waals surface area (Å²) in [7, 11) is 0. The normalized spacial score (nSPS) is 13.7. The van der Waals surface area contributed by atoms with Crippen molar-refractivity contribution >= 4 is 5.91 Å². The van der Waals surface area contributed by atoms with Gasteiger partial charge in [-0.25, -0.2) is 0 Å². The molecule has 2 atom stereocenters. The van der Waals surface area contributed by atoms with Gasteiger partial charge in [-0.05, 0) is 77.0 Å². The van der Waals surface area contributed by atoms with Gasteiger partial charge in [-0.15, -0.1) is 0 Å². The van der Waals surface area contributed by atoms with E-state index >= 15 is 0 Å². The molecule has 0 fully saturated rings. The van der Waals surface area contributed by atoms with Gasteiger partial charge in [0.25, 0.3) is 0 Å². The van der Waals surface area contributed by atoms with E-state index in [1.165, 1.54) is 103 Å². The Morgan fingerprint density at radius 3 is 1.43 bits per heavy atom. The number of aliphatic hydroxyl groups excluding tert-OH is 2. The molecule has 0 spiro atoms. The lowest BCUT2D eigenvalue weighted by atomic mass is 10.1. The molecule has 4 nitrogen and oxygen atoms in total. The molecule has 266 valence electrons. The Morgan fingerprint density at radius 1 is 0.522 bits per heavy atom. The van der Waals surface area contributed by atoms with E-state index in [-0.39, 0.29) is 12.5 Å². The fourth-order valence-corrected chi connectivity index (χ4v) is 5.41. The Balaban J connectivity index is 3.74. The van der Waals surface area contributed by atoms with Gasteiger partial charge in [-0.3, -0.25) is 4.79 Å². The van der Waals surface area contributed by atoms with Crippen LogP contribution >= 0.6 is 0 Å². The largest absolute Gasteiger partial charge is 0.394 e. The van der Waals surface area contributed by atoms with Crippen LogP contribution in [0.1, 0.15) is 181 Å². The van der Waals surface area contributed by atoms with E-state index in [1.807, 2.05) is 6.08 Å². The van der Waals surface area contributed by atoms with Crippen LogP contribution in [0.3, 0.4) is 0 Å². The molecule has 2 unspecified atom stereocenters. The van der Waals surface area contributed by atoms with E-state index in [2.05, 4.69) is 67.8 Å². The molecule has 0 heterocycles. The molecule has 4 heteroatoms. The van der Waals surface area contributed by atoms with Gasteiger partial charge in [-0.1, -0.05) is 158 Å². The number of carbonyl (C=O) groups excluding carboxylic acids is 1. The van der Waals surface area contributed by atoms with Gasteiger partial charge in [0.2, 0.25) is 5.91 Å². The topological polar surface area (TPSA) is 69.6 Å². The molecule has 0 aliphatic rings. The molecule has 0 saturated heterocycles. The van der Waals surface area contributed by atoms with Gasteiger partial charge in [-0.2, -0.15) is 0 Å². The Morgan fingerprint density at radius 2 is 0.913 bits per heavy atom. The number of hydrogen-bond acceptors (Lipinski definition) is 3. The minimum atomic E-state index is -0.876. The third-order valence-electron chi connectivity index (χ3n) is 8.45. The summed E-state index contributed by atoms with van der Waals surface area (Å²) in [6.07, 6.45) is 51.6. The monoisotopic (exact) mass is 642 g/mol. The van der Waals surface area contributed by atoms with E-state index < -0.39 is 12.1 Å². The summed E-state index contributed by atoms with van der Waals surface area (Å²) in [5, 5.41) is 22.9. The van der Waals surface area contributed by atoms with Crippen LogP contribution in [0.15, 0.2) is 60.8 Å². The van der Waals surface area contributed by atoms with Crippen molar-refractivity contribution in [3.8, 4) is 0 Å². The predicted molar refractivity (Wildman–Crippen MR) is 202 cm³/mol. The van der Waals surface area contributed by atoms with E-state index in [1.54, 1.807) is 6.08 Å². The zero-order chi connectivity index (χ0) is 33.6. The fraction of sp³-hybridized carbons (Fsp3) is 0.738. The smallest absolute Gasteiger partial charge is 0.220 e. The van der Waals surface area contributed by atoms with Crippen molar-refractivity contribution in [3.05, 3.63) is 60.8 Å². The molecule has 0 aliphatic carbocycles. The first kappa shape index (κ1) is 44.1. The zero-order valence-corrected chi connectivity index (χ0v) is 30.3. The maximum absolute atomic E-state index is 12.3. The van der Waals surface area contributed by atoms with E-state index in [0.29, 0.717) is 6.42 Å². The molecule has 0 rings (SSSR count). The number of nitrogens with one attached hydrogen (secondary N) is 1. The van der Waals surface area contributed by atoms with Gasteiger partial charge < -0.3 is 15.5 Å². The van der Waals surface area contributed by atoms with E-state index in [4.69, 9.17) is 0 Å². The molecule has 1 amide bonds. The van der Waals surface area contributed by atoms with Gasteiger partial charge in [0, 0.05) is 6.42 Å². The Hall–Kier alpha value is -1.91. The second kappa shape index (κ2) is 37.5. The fourth-order valence-electron chi connectivity index (χ4n) is 5.41. The summed E-state index contributed by atoms with van der Waals surface area (Å²) < 4.78 is 0. The number of carbonyl (C=O) groups is 1. The third kappa shape index (κ3) is 33.5. The third-order valence-corrected chi connectivity index (χ3v) is 8.45. The second-order valence-corrected chi connectivity index (χ2v) is 13.0. The van der Waals surface area contributed by atoms with Gasteiger partial charge in [0.15, 0.2) is 0 Å². The molecular formula is C42H75NO3. The summed E-state index contributed by atoms with van der Waals surface area (Å²) in [5.74, 6) is -0.0951. The molecule has 0 radical (unpaired) electrons. The number of rotatable bonds is 34. The minimum absolute atomic E-state index is 0.0951. The first-order valence-electron chi connectivity index (χ1n) is 19.5. The van der Waals surface area contributed by atoms with Crippen LogP contribution in [0, 0.1) is 0 Å². The van der Waals surface area contributed by atoms with Crippen molar-refractivity contribution < 1.29 is 15.0 Å². The number of unbranched alkanes of at least 4 members (excludes halogenated alkanes) is 19. The first-order valence-corrected chi connectivity index (χ1v) is 19.5. The van der Waals surface area contributed by atoms with Crippen LogP contribution in [0.5, 0.6) is 0 Å². The van der Waals surface area contributed by atoms with Gasteiger partial charge in [0.1, 0.15) is 0 Å². The molecule has 0 aliphatic heterocycles. The summed E-state index contributed by atoms with van der Waals surface area (Å²) in [6, 6.07) is -0.653. The molecule has 0 aromatic carbocycles. The van der Waals surface area contributed by atoms with Gasteiger partial charge >= 0.3 is 0 Å². The number of hydrogen-bond donors (Lipinski definition) is 3. The average molecular weight is 642 g/mol. The Kier molecular flexibility index (Phi) is 36.0. The van der Waals surface area contributed by atoms with Crippen molar-refractivity contribution in [2.24, 2.45) is 0 Å². The minimum Gasteiger partial charge on any atom is -0.394 e. The van der Waals surface area contributed by atoms with Crippen LogP contribution in [0.25, 0.3) is 0 Å². The molecule has 0 saturated carbocycles. The molecular weight excluding hydrogens is 566 g/mol. The Bertz CT molecular complexity index is 782. The second-order valence-electron chi connectivity index (χ2n) is 13.0. The molecule has 0 aromatic rings. The molecule has 46 heavy (non-hydrogen) atoms.